The monoisotopic (exact) mass is 364 g/mol. The average Bonchev–Trinajstić information content (AvgIpc) is 3.01. The highest BCUT2D eigenvalue weighted by Gasteiger charge is 2.58. The minimum atomic E-state index is -0.128. The fourth-order valence-corrected chi connectivity index (χ4v) is 7.36. The van der Waals surface area contributed by atoms with E-state index in [1.54, 1.807) is 5.57 Å². The smallest absolute Gasteiger partial charge is 0.155 e. The highest BCUT2D eigenvalue weighted by molar-refractivity contribution is 5.68. The van der Waals surface area contributed by atoms with E-state index in [9.17, 15) is 5.11 Å². The van der Waals surface area contributed by atoms with Crippen LogP contribution in [-0.2, 0) is 0 Å². The van der Waals surface area contributed by atoms with Crippen molar-refractivity contribution < 1.29 is 5.11 Å². The van der Waals surface area contributed by atoms with Crippen molar-refractivity contribution in [2.45, 2.75) is 65.4 Å². The van der Waals surface area contributed by atoms with Gasteiger partial charge in [-0.05, 0) is 84.7 Å². The summed E-state index contributed by atoms with van der Waals surface area (Å²) in [7, 11) is 0. The van der Waals surface area contributed by atoms with Crippen molar-refractivity contribution in [2.24, 2.45) is 34.5 Å². The van der Waals surface area contributed by atoms with Crippen LogP contribution in [0, 0.1) is 34.5 Å². The summed E-state index contributed by atoms with van der Waals surface area (Å²) in [5.74, 6) is 3.70. The minimum absolute atomic E-state index is 0.128. The van der Waals surface area contributed by atoms with Gasteiger partial charge in [0.15, 0.2) is 5.82 Å². The molecule has 7 atom stereocenters. The first-order chi connectivity index (χ1) is 12.9. The first kappa shape index (κ1) is 17.6. The molecule has 1 aromatic rings. The summed E-state index contributed by atoms with van der Waals surface area (Å²) >= 11 is 0. The van der Waals surface area contributed by atoms with E-state index in [4.69, 9.17) is 0 Å². The lowest BCUT2D eigenvalue weighted by molar-refractivity contribution is -0.0426. The second-order valence-corrected chi connectivity index (χ2v) is 10.0. The summed E-state index contributed by atoms with van der Waals surface area (Å²) in [6.45, 7) is 7.40. The molecule has 0 radical (unpaired) electrons. The Kier molecular flexibility index (Phi) is 3.92. The molecule has 144 valence electrons. The molecular formula is C24H32N2O. The summed E-state index contributed by atoms with van der Waals surface area (Å²) < 4.78 is 0. The van der Waals surface area contributed by atoms with Crippen LogP contribution in [0.1, 0.15) is 65.1 Å². The number of aliphatic hydroxyl groups is 1. The predicted octanol–water partition coefficient (Wildman–Crippen LogP) is 5.04. The van der Waals surface area contributed by atoms with Gasteiger partial charge in [0, 0.05) is 12.4 Å². The van der Waals surface area contributed by atoms with Crippen molar-refractivity contribution in [3.05, 3.63) is 42.0 Å². The molecule has 2 fully saturated rings. The Bertz CT molecular complexity index is 800. The number of rotatable bonds is 1. The van der Waals surface area contributed by atoms with Gasteiger partial charge < -0.3 is 5.11 Å². The van der Waals surface area contributed by atoms with Crippen molar-refractivity contribution in [3.63, 3.8) is 0 Å². The third-order valence-electron chi connectivity index (χ3n) is 8.80. The van der Waals surface area contributed by atoms with Gasteiger partial charge in [0.1, 0.15) is 0 Å². The van der Waals surface area contributed by atoms with Gasteiger partial charge in [0.25, 0.3) is 0 Å². The summed E-state index contributed by atoms with van der Waals surface area (Å²) in [4.78, 5) is 9.18. The van der Waals surface area contributed by atoms with Crippen LogP contribution >= 0.6 is 0 Å². The number of allylic oxidation sites excluding steroid dienone is 3. The average molecular weight is 365 g/mol. The zero-order valence-electron chi connectivity index (χ0n) is 16.9. The molecule has 0 aromatic carbocycles. The maximum atomic E-state index is 10.2. The van der Waals surface area contributed by atoms with E-state index in [2.05, 4.69) is 42.9 Å². The summed E-state index contributed by atoms with van der Waals surface area (Å²) in [6.07, 6.45) is 15.3. The largest absolute Gasteiger partial charge is 0.393 e. The van der Waals surface area contributed by atoms with E-state index < -0.39 is 0 Å². The molecule has 0 aliphatic heterocycles. The van der Waals surface area contributed by atoms with Crippen molar-refractivity contribution in [1.82, 2.24) is 9.97 Å². The Labute approximate surface area is 163 Å². The molecule has 1 heterocycles. The zero-order chi connectivity index (χ0) is 18.8. The quantitative estimate of drug-likeness (QED) is 0.710. The first-order valence-electron chi connectivity index (χ1n) is 10.8. The Morgan fingerprint density at radius 1 is 1.04 bits per heavy atom. The van der Waals surface area contributed by atoms with Gasteiger partial charge in [-0.3, -0.25) is 0 Å². The van der Waals surface area contributed by atoms with E-state index in [0.29, 0.717) is 17.3 Å². The van der Waals surface area contributed by atoms with Gasteiger partial charge in [0.05, 0.1) is 6.10 Å². The Balaban J connectivity index is 1.52. The highest BCUT2D eigenvalue weighted by atomic mass is 16.3. The van der Waals surface area contributed by atoms with E-state index in [1.165, 1.54) is 18.4 Å². The van der Waals surface area contributed by atoms with Gasteiger partial charge in [-0.15, -0.1) is 0 Å². The number of nitrogens with zero attached hydrogens (tertiary/aromatic N) is 2. The summed E-state index contributed by atoms with van der Waals surface area (Å²) in [5.41, 5.74) is 3.44. The molecule has 27 heavy (non-hydrogen) atoms. The molecule has 0 saturated heterocycles. The van der Waals surface area contributed by atoms with Crippen LogP contribution in [0.5, 0.6) is 0 Å². The van der Waals surface area contributed by atoms with Crippen LogP contribution in [0.15, 0.2) is 36.2 Å². The maximum Gasteiger partial charge on any atom is 0.155 e. The van der Waals surface area contributed by atoms with Crippen molar-refractivity contribution in [2.75, 3.05) is 0 Å². The Hall–Kier alpha value is -1.48. The fourth-order valence-electron chi connectivity index (χ4n) is 7.36. The molecule has 0 bridgehead atoms. The van der Waals surface area contributed by atoms with Gasteiger partial charge in [-0.1, -0.05) is 38.5 Å². The van der Waals surface area contributed by atoms with E-state index in [-0.39, 0.29) is 11.5 Å². The lowest BCUT2D eigenvalue weighted by atomic mass is 9.45. The fraction of sp³-hybridized carbons (Fsp3) is 0.667. The van der Waals surface area contributed by atoms with Crippen LogP contribution in [-0.4, -0.2) is 21.2 Å². The predicted molar refractivity (Wildman–Crippen MR) is 108 cm³/mol. The number of aromatic nitrogens is 2. The lowest BCUT2D eigenvalue weighted by Crippen LogP contribution is -2.52. The molecular weight excluding hydrogens is 332 g/mol. The molecule has 3 nitrogen and oxygen atoms in total. The number of fused-ring (bicyclic) bond motifs is 5. The third-order valence-corrected chi connectivity index (χ3v) is 8.80. The first-order valence-corrected chi connectivity index (χ1v) is 10.8. The maximum absolute atomic E-state index is 10.2. The molecule has 2 saturated carbocycles. The second-order valence-electron chi connectivity index (χ2n) is 10.0. The summed E-state index contributed by atoms with van der Waals surface area (Å²) in [5, 5.41) is 10.2. The van der Waals surface area contributed by atoms with Crippen LogP contribution in [0.3, 0.4) is 0 Å². The van der Waals surface area contributed by atoms with Crippen LogP contribution in [0.2, 0.25) is 0 Å². The normalized spacial score (nSPS) is 46.0. The highest BCUT2D eigenvalue weighted by Crippen LogP contribution is 2.67. The Morgan fingerprint density at radius 2 is 1.78 bits per heavy atom. The molecule has 4 aliphatic rings. The molecule has 5 rings (SSSR count). The molecule has 3 heteroatoms. The van der Waals surface area contributed by atoms with Crippen molar-refractivity contribution >= 4 is 5.57 Å². The molecule has 1 aromatic heterocycles. The SMILES string of the molecule is CC1C=C2CC(O)CC[C@]2(C)[C@@H]2CC[C@]3(C)C(c4ncccn4)=CC[C@H]3[C@H]12. The molecule has 1 N–H and O–H groups in total. The van der Waals surface area contributed by atoms with Gasteiger partial charge >= 0.3 is 0 Å². The Morgan fingerprint density at radius 3 is 2.56 bits per heavy atom. The standard InChI is InChI=1S/C24H32N2O/c1-15-13-16-14-17(27)7-9-23(16,2)19-8-10-24(3)18(21(15)19)5-6-20(24)22-25-11-4-12-26-22/h4,6,11-13,15,17-19,21,27H,5,7-10,14H2,1-3H3/t15?,17?,18-,19+,21-,23-,24-/m0/s1. The number of hydrogen-bond donors (Lipinski definition) is 1. The minimum Gasteiger partial charge on any atom is -0.393 e. The molecule has 2 unspecified atom stereocenters. The van der Waals surface area contributed by atoms with E-state index in [1.807, 2.05) is 18.5 Å². The zero-order valence-corrected chi connectivity index (χ0v) is 16.9. The van der Waals surface area contributed by atoms with Gasteiger partial charge in [-0.25, -0.2) is 9.97 Å². The number of hydrogen-bond acceptors (Lipinski definition) is 3. The van der Waals surface area contributed by atoms with Crippen LogP contribution in [0.4, 0.5) is 0 Å². The van der Waals surface area contributed by atoms with Gasteiger partial charge in [-0.2, -0.15) is 0 Å². The van der Waals surface area contributed by atoms with Crippen LogP contribution < -0.4 is 0 Å². The summed E-state index contributed by atoms with van der Waals surface area (Å²) in [6, 6.07) is 1.91. The van der Waals surface area contributed by atoms with Crippen molar-refractivity contribution in [3.8, 4) is 0 Å². The molecule has 0 amide bonds. The second kappa shape index (κ2) is 6.01. The molecule has 4 aliphatic carbocycles. The van der Waals surface area contributed by atoms with Gasteiger partial charge in [0.2, 0.25) is 0 Å². The van der Waals surface area contributed by atoms with Crippen LogP contribution in [0.25, 0.3) is 5.57 Å². The molecule has 0 spiro atoms. The van der Waals surface area contributed by atoms with E-state index in [0.717, 1.165) is 43.3 Å². The van der Waals surface area contributed by atoms with E-state index >= 15 is 0 Å². The lowest BCUT2D eigenvalue weighted by Gasteiger charge is -2.59. The topological polar surface area (TPSA) is 46.0 Å². The number of aliphatic hydroxyl groups excluding tert-OH is 1. The third kappa shape index (κ3) is 2.43. The van der Waals surface area contributed by atoms with Crippen molar-refractivity contribution in [1.29, 1.82) is 0 Å².